The highest BCUT2D eigenvalue weighted by molar-refractivity contribution is 6.30. The summed E-state index contributed by atoms with van der Waals surface area (Å²) < 4.78 is 5.63. The minimum Gasteiger partial charge on any atom is -0.389 e. The van der Waals surface area contributed by atoms with E-state index in [0.717, 1.165) is 16.5 Å². The fraction of sp³-hybridized carbons (Fsp3) is 0.700. The van der Waals surface area contributed by atoms with Crippen molar-refractivity contribution in [2.45, 2.75) is 58.8 Å². The Bertz CT molecular complexity index is 559. The van der Waals surface area contributed by atoms with Crippen molar-refractivity contribution in [3.63, 3.8) is 0 Å². The third-order valence-electron chi connectivity index (χ3n) is 6.89. The Hall–Kier alpha value is -0.610. The molecule has 134 valence electrons. The highest BCUT2D eigenvalue weighted by atomic mass is 35.5. The average Bonchev–Trinajstić information content (AvgIpc) is 2.88. The minimum absolute atomic E-state index is 0.349. The predicted octanol–water partition coefficient (Wildman–Crippen LogP) is 4.02. The second-order valence-corrected chi connectivity index (χ2v) is 8.80. The fourth-order valence-electron chi connectivity index (χ4n) is 4.74. The van der Waals surface area contributed by atoms with Crippen LogP contribution in [-0.2, 0) is 11.3 Å². The number of halogens is 1. The molecule has 2 N–H and O–H groups in total. The number of ether oxygens (including phenoxy) is 1. The van der Waals surface area contributed by atoms with Crippen molar-refractivity contribution in [2.75, 3.05) is 13.2 Å². The van der Waals surface area contributed by atoms with Crippen LogP contribution in [0.15, 0.2) is 24.3 Å². The van der Waals surface area contributed by atoms with Gasteiger partial charge in [-0.1, -0.05) is 44.5 Å². The lowest BCUT2D eigenvalue weighted by atomic mass is 9.69. The van der Waals surface area contributed by atoms with Crippen LogP contribution >= 0.6 is 11.6 Å². The minimum atomic E-state index is -0.469. The molecule has 4 heteroatoms. The molecule has 3 nitrogen and oxygen atoms in total. The van der Waals surface area contributed by atoms with Gasteiger partial charge in [0.25, 0.3) is 0 Å². The monoisotopic (exact) mass is 351 g/mol. The van der Waals surface area contributed by atoms with E-state index in [1.54, 1.807) is 0 Å². The number of fused-ring (bicyclic) bond motifs is 2. The van der Waals surface area contributed by atoms with Crippen molar-refractivity contribution in [2.24, 2.45) is 16.7 Å². The number of rotatable bonds is 7. The Balaban J connectivity index is 1.40. The molecule has 4 atom stereocenters. The lowest BCUT2D eigenvalue weighted by molar-refractivity contribution is 0.0231. The van der Waals surface area contributed by atoms with Gasteiger partial charge in [-0.3, -0.25) is 0 Å². The van der Waals surface area contributed by atoms with Crippen molar-refractivity contribution in [3.8, 4) is 0 Å². The molecule has 2 aliphatic rings. The summed E-state index contributed by atoms with van der Waals surface area (Å²) in [7, 11) is 0. The molecule has 0 unspecified atom stereocenters. The van der Waals surface area contributed by atoms with E-state index in [1.165, 1.54) is 19.3 Å². The summed E-state index contributed by atoms with van der Waals surface area (Å²) in [5.41, 5.74) is 1.82. The molecule has 2 fully saturated rings. The van der Waals surface area contributed by atoms with E-state index >= 15 is 0 Å². The second-order valence-electron chi connectivity index (χ2n) is 8.37. The van der Waals surface area contributed by atoms with E-state index in [2.05, 4.69) is 26.1 Å². The number of hydrogen-bond acceptors (Lipinski definition) is 3. The third kappa shape index (κ3) is 3.37. The molecule has 0 amide bonds. The van der Waals surface area contributed by atoms with Gasteiger partial charge < -0.3 is 15.2 Å². The first-order valence-corrected chi connectivity index (χ1v) is 9.44. The van der Waals surface area contributed by atoms with Gasteiger partial charge in [0.15, 0.2) is 0 Å². The van der Waals surface area contributed by atoms with Crippen molar-refractivity contribution in [3.05, 3.63) is 34.9 Å². The van der Waals surface area contributed by atoms with Crippen LogP contribution in [0.5, 0.6) is 0 Å². The van der Waals surface area contributed by atoms with Crippen molar-refractivity contribution in [1.82, 2.24) is 5.32 Å². The highest BCUT2D eigenvalue weighted by Gasteiger charge is 2.60. The lowest BCUT2D eigenvalue weighted by Gasteiger charge is -2.40. The van der Waals surface area contributed by atoms with Gasteiger partial charge in [0.05, 0.1) is 19.3 Å². The maximum Gasteiger partial charge on any atom is 0.0897 e. The molecule has 2 aliphatic carbocycles. The Morgan fingerprint density at radius 2 is 2.00 bits per heavy atom. The molecule has 2 saturated carbocycles. The molecule has 1 aromatic carbocycles. The average molecular weight is 352 g/mol. The topological polar surface area (TPSA) is 41.5 Å². The van der Waals surface area contributed by atoms with Crippen LogP contribution in [-0.4, -0.2) is 30.4 Å². The molecule has 0 spiro atoms. The van der Waals surface area contributed by atoms with E-state index in [1.807, 2.05) is 24.3 Å². The lowest BCUT2D eigenvalue weighted by Crippen LogP contribution is -2.47. The Morgan fingerprint density at radius 1 is 1.29 bits per heavy atom. The number of aliphatic hydroxyl groups is 1. The second kappa shape index (κ2) is 6.95. The zero-order valence-corrected chi connectivity index (χ0v) is 15.8. The van der Waals surface area contributed by atoms with Gasteiger partial charge in [-0.25, -0.2) is 0 Å². The first-order valence-electron chi connectivity index (χ1n) is 9.06. The van der Waals surface area contributed by atoms with E-state index in [0.29, 0.717) is 36.6 Å². The zero-order chi connectivity index (χ0) is 17.4. The fourth-order valence-corrected chi connectivity index (χ4v) is 4.87. The quantitative estimate of drug-likeness (QED) is 0.779. The summed E-state index contributed by atoms with van der Waals surface area (Å²) in [6.07, 6.45) is 3.42. The molecule has 0 heterocycles. The smallest absolute Gasteiger partial charge is 0.0897 e. The van der Waals surface area contributed by atoms with Crippen LogP contribution in [0.2, 0.25) is 5.02 Å². The first-order chi connectivity index (χ1) is 11.3. The van der Waals surface area contributed by atoms with Gasteiger partial charge in [0, 0.05) is 17.6 Å². The van der Waals surface area contributed by atoms with Crippen LogP contribution in [0, 0.1) is 16.7 Å². The van der Waals surface area contributed by atoms with Gasteiger partial charge in [-0.05, 0) is 53.7 Å². The van der Waals surface area contributed by atoms with Crippen molar-refractivity contribution < 1.29 is 9.84 Å². The number of aliphatic hydroxyl groups excluding tert-OH is 1. The normalized spacial score (nSPS) is 32.2. The molecular formula is C20H30ClNO2. The van der Waals surface area contributed by atoms with Crippen molar-refractivity contribution >= 4 is 11.6 Å². The number of benzene rings is 1. The van der Waals surface area contributed by atoms with E-state index in [9.17, 15) is 5.11 Å². The summed E-state index contributed by atoms with van der Waals surface area (Å²) in [5, 5.41) is 14.6. The number of hydrogen-bond donors (Lipinski definition) is 2. The zero-order valence-electron chi connectivity index (χ0n) is 15.0. The van der Waals surface area contributed by atoms with E-state index in [-0.39, 0.29) is 0 Å². The highest BCUT2D eigenvalue weighted by Crippen LogP contribution is 2.65. The third-order valence-corrected chi connectivity index (χ3v) is 7.14. The molecule has 24 heavy (non-hydrogen) atoms. The molecule has 0 saturated heterocycles. The van der Waals surface area contributed by atoms with Gasteiger partial charge in [-0.2, -0.15) is 0 Å². The first kappa shape index (κ1) is 18.2. The SMILES string of the molecule is CC1(C)[C@@H]2CC[C@]1(C)[C@H](NC[C@H](O)COCc1ccc(Cl)cc1)C2. The van der Waals surface area contributed by atoms with E-state index < -0.39 is 6.10 Å². The Morgan fingerprint density at radius 3 is 2.58 bits per heavy atom. The van der Waals surface area contributed by atoms with Crippen LogP contribution in [0.4, 0.5) is 0 Å². The number of nitrogens with one attached hydrogen (secondary N) is 1. The van der Waals surface area contributed by atoms with Crippen molar-refractivity contribution in [1.29, 1.82) is 0 Å². The summed E-state index contributed by atoms with van der Waals surface area (Å²) >= 11 is 5.87. The van der Waals surface area contributed by atoms with E-state index in [4.69, 9.17) is 16.3 Å². The standard InChI is InChI=1S/C20H30ClNO2/c1-19(2)15-8-9-20(19,3)18(10-15)22-11-17(23)13-24-12-14-4-6-16(21)7-5-14/h4-7,15,17-18,22-23H,8-13H2,1-3H3/t15-,17+,18-,20-/m1/s1. The molecule has 2 bridgehead atoms. The predicted molar refractivity (Wildman–Crippen MR) is 98.1 cm³/mol. The Labute approximate surface area is 150 Å². The largest absolute Gasteiger partial charge is 0.389 e. The maximum atomic E-state index is 10.2. The summed E-state index contributed by atoms with van der Waals surface area (Å²) in [4.78, 5) is 0. The molecule has 0 aromatic heterocycles. The van der Waals surface area contributed by atoms with Gasteiger partial charge in [0.2, 0.25) is 0 Å². The maximum absolute atomic E-state index is 10.2. The van der Waals surface area contributed by atoms with Gasteiger partial charge in [-0.15, -0.1) is 0 Å². The van der Waals surface area contributed by atoms with Crippen LogP contribution < -0.4 is 5.32 Å². The summed E-state index contributed by atoms with van der Waals surface area (Å²) in [6, 6.07) is 8.12. The molecular weight excluding hydrogens is 322 g/mol. The van der Waals surface area contributed by atoms with Gasteiger partial charge >= 0.3 is 0 Å². The van der Waals surface area contributed by atoms with Crippen LogP contribution in [0.3, 0.4) is 0 Å². The van der Waals surface area contributed by atoms with Crippen LogP contribution in [0.25, 0.3) is 0 Å². The molecule has 3 rings (SSSR count). The summed E-state index contributed by atoms with van der Waals surface area (Å²) in [6.45, 7) is 8.71. The summed E-state index contributed by atoms with van der Waals surface area (Å²) in [5.74, 6) is 0.818. The molecule has 0 radical (unpaired) electrons. The Kier molecular flexibility index (Phi) is 5.27. The molecule has 0 aliphatic heterocycles. The molecule has 1 aromatic rings. The van der Waals surface area contributed by atoms with Gasteiger partial charge in [0.1, 0.15) is 0 Å². The van der Waals surface area contributed by atoms with Crippen LogP contribution in [0.1, 0.15) is 45.6 Å².